The number of carbonyl (C=O) groups is 1. The molecule has 35 heavy (non-hydrogen) atoms. The summed E-state index contributed by atoms with van der Waals surface area (Å²) in [6.07, 6.45) is 3.86. The molecule has 0 spiro atoms. The summed E-state index contributed by atoms with van der Waals surface area (Å²) in [6, 6.07) is 14.2. The van der Waals surface area contributed by atoms with E-state index in [0.29, 0.717) is 32.7 Å². The lowest BCUT2D eigenvalue weighted by Crippen LogP contribution is -2.53. The van der Waals surface area contributed by atoms with Crippen molar-refractivity contribution in [3.8, 4) is 11.1 Å². The van der Waals surface area contributed by atoms with E-state index in [1.54, 1.807) is 19.2 Å². The first-order valence-corrected chi connectivity index (χ1v) is 12.7. The van der Waals surface area contributed by atoms with Gasteiger partial charge in [-0.1, -0.05) is 36.4 Å². The number of aliphatic hydroxyl groups is 1. The molecule has 2 amide bonds. The Bertz CT molecular complexity index is 939. The fourth-order valence-electron chi connectivity index (χ4n) is 5.15. The first-order valence-electron chi connectivity index (χ1n) is 12.7. The minimum Gasteiger partial charge on any atom is -0.385 e. The topological polar surface area (TPSA) is 73.8 Å². The number of nitrogens with one attached hydrogen (secondary N) is 2. The van der Waals surface area contributed by atoms with Crippen LogP contribution in [0.25, 0.3) is 11.1 Å². The Labute approximate surface area is 208 Å². The van der Waals surface area contributed by atoms with Crippen LogP contribution in [0, 0.1) is 11.7 Å². The molecule has 1 aliphatic heterocycles. The summed E-state index contributed by atoms with van der Waals surface area (Å²) >= 11 is 0. The van der Waals surface area contributed by atoms with Crippen molar-refractivity contribution >= 4 is 6.03 Å². The van der Waals surface area contributed by atoms with Crippen molar-refractivity contribution < 1.29 is 19.0 Å². The average Bonchev–Trinajstić information content (AvgIpc) is 2.87. The van der Waals surface area contributed by atoms with Crippen molar-refractivity contribution in [1.82, 2.24) is 15.5 Å². The van der Waals surface area contributed by atoms with Gasteiger partial charge in [0.1, 0.15) is 5.82 Å². The zero-order valence-corrected chi connectivity index (χ0v) is 21.2. The summed E-state index contributed by atoms with van der Waals surface area (Å²) in [6.45, 7) is 4.46. The van der Waals surface area contributed by atoms with E-state index in [0.717, 1.165) is 42.4 Å². The van der Waals surface area contributed by atoms with Crippen LogP contribution in [0.15, 0.2) is 48.5 Å². The van der Waals surface area contributed by atoms with E-state index in [2.05, 4.69) is 10.6 Å². The summed E-state index contributed by atoms with van der Waals surface area (Å²) in [5, 5.41) is 18.5. The van der Waals surface area contributed by atoms with Crippen LogP contribution in [0.4, 0.5) is 9.18 Å². The van der Waals surface area contributed by atoms with Crippen LogP contribution < -0.4 is 10.6 Å². The molecule has 3 unspecified atom stereocenters. The predicted octanol–water partition coefficient (Wildman–Crippen LogP) is 4.53. The molecule has 192 valence electrons. The van der Waals surface area contributed by atoms with Gasteiger partial charge in [0.05, 0.1) is 5.60 Å². The van der Waals surface area contributed by atoms with E-state index in [1.165, 1.54) is 12.1 Å². The lowest BCUT2D eigenvalue weighted by Gasteiger charge is -2.43. The highest BCUT2D eigenvalue weighted by molar-refractivity contribution is 5.74. The van der Waals surface area contributed by atoms with Crippen molar-refractivity contribution in [3.63, 3.8) is 0 Å². The molecule has 3 rings (SSSR count). The van der Waals surface area contributed by atoms with Crippen LogP contribution >= 0.6 is 0 Å². The number of unbranched alkanes of at least 4 members (excludes halogenated alkanes) is 1. The number of hydrogen-bond acceptors (Lipinski definition) is 4. The number of ether oxygens (including phenoxy) is 1. The lowest BCUT2D eigenvalue weighted by molar-refractivity contribution is -0.0559. The first-order chi connectivity index (χ1) is 16.9. The van der Waals surface area contributed by atoms with Crippen LogP contribution in [0.3, 0.4) is 0 Å². The van der Waals surface area contributed by atoms with Gasteiger partial charge in [0.2, 0.25) is 0 Å². The molecule has 0 radical (unpaired) electrons. The number of carbonyl (C=O) groups excluding carboxylic acids is 1. The molecule has 0 aliphatic carbocycles. The number of likely N-dealkylation sites (tertiary alicyclic amines) is 1. The van der Waals surface area contributed by atoms with E-state index in [1.807, 2.05) is 43.1 Å². The maximum absolute atomic E-state index is 13.6. The van der Waals surface area contributed by atoms with Crippen molar-refractivity contribution in [1.29, 1.82) is 0 Å². The van der Waals surface area contributed by atoms with Gasteiger partial charge in [-0.15, -0.1) is 0 Å². The molecule has 1 aliphatic rings. The van der Waals surface area contributed by atoms with Gasteiger partial charge in [-0.3, -0.25) is 0 Å². The fraction of sp³-hybridized carbons (Fsp3) is 0.536. The number of hydrogen-bond donors (Lipinski definition) is 3. The van der Waals surface area contributed by atoms with Gasteiger partial charge in [0.25, 0.3) is 0 Å². The number of amides is 2. The number of methoxy groups -OCH3 is 1. The molecule has 0 bridgehead atoms. The minimum absolute atomic E-state index is 0.0139. The second-order valence-electron chi connectivity index (χ2n) is 9.62. The van der Waals surface area contributed by atoms with Gasteiger partial charge in [-0.2, -0.15) is 0 Å². The second kappa shape index (κ2) is 13.0. The molecular formula is C28H40FN3O3. The van der Waals surface area contributed by atoms with Crippen molar-refractivity contribution in [2.24, 2.45) is 5.92 Å². The number of piperidine rings is 1. The van der Waals surface area contributed by atoms with Crippen molar-refractivity contribution in [2.75, 3.05) is 40.4 Å². The minimum atomic E-state index is -1.13. The molecule has 3 N–H and O–H groups in total. The monoisotopic (exact) mass is 485 g/mol. The van der Waals surface area contributed by atoms with Crippen LogP contribution in [0.5, 0.6) is 0 Å². The third-order valence-electron chi connectivity index (χ3n) is 6.97. The second-order valence-corrected chi connectivity index (χ2v) is 9.62. The van der Waals surface area contributed by atoms with E-state index < -0.39 is 5.60 Å². The maximum atomic E-state index is 13.6. The Hall–Kier alpha value is -2.48. The Morgan fingerprint density at radius 2 is 1.97 bits per heavy atom. The molecule has 1 heterocycles. The quantitative estimate of drug-likeness (QED) is 0.409. The summed E-state index contributed by atoms with van der Waals surface area (Å²) in [4.78, 5) is 14.8. The standard InChI is InChI=1S/C28H40FN3O3/c1-21(19-30-2)31-27(33)32-17-8-9-23(20-32)28(34,16-6-7-18-35-3)26-11-5-4-10-25(26)22-12-14-24(29)15-13-22/h4-5,10-15,21,23,30,34H,6-9,16-20H2,1-3H3,(H,31,33). The Morgan fingerprint density at radius 3 is 2.69 bits per heavy atom. The molecule has 2 aromatic carbocycles. The van der Waals surface area contributed by atoms with E-state index in [4.69, 9.17) is 4.74 Å². The maximum Gasteiger partial charge on any atom is 0.317 e. The number of benzene rings is 2. The summed E-state index contributed by atoms with van der Waals surface area (Å²) in [5.74, 6) is -0.409. The summed E-state index contributed by atoms with van der Waals surface area (Å²) < 4.78 is 18.8. The van der Waals surface area contributed by atoms with Gasteiger partial charge >= 0.3 is 6.03 Å². The number of urea groups is 1. The number of nitrogens with zero attached hydrogens (tertiary/aromatic N) is 1. The molecule has 7 heteroatoms. The molecule has 2 aromatic rings. The fourth-order valence-corrected chi connectivity index (χ4v) is 5.15. The van der Waals surface area contributed by atoms with Crippen LogP contribution in [-0.4, -0.2) is 62.5 Å². The molecular weight excluding hydrogens is 445 g/mol. The van der Waals surface area contributed by atoms with E-state index in [-0.39, 0.29) is 23.8 Å². The van der Waals surface area contributed by atoms with Gasteiger partial charge in [-0.05, 0) is 74.9 Å². The number of rotatable bonds is 11. The zero-order chi connectivity index (χ0) is 25.3. The van der Waals surface area contributed by atoms with Crippen molar-refractivity contribution in [3.05, 3.63) is 59.9 Å². The van der Waals surface area contributed by atoms with Gasteiger partial charge in [-0.25, -0.2) is 9.18 Å². The van der Waals surface area contributed by atoms with Crippen LogP contribution in [-0.2, 0) is 10.3 Å². The number of likely N-dealkylation sites (N-methyl/N-ethyl adjacent to an activating group) is 1. The Balaban J connectivity index is 1.91. The third-order valence-corrected chi connectivity index (χ3v) is 6.97. The van der Waals surface area contributed by atoms with Gasteiger partial charge < -0.3 is 25.4 Å². The van der Waals surface area contributed by atoms with Crippen LogP contribution in [0.2, 0.25) is 0 Å². The normalized spacial score (nSPS) is 18.7. The Morgan fingerprint density at radius 1 is 1.23 bits per heavy atom. The Kier molecular flexibility index (Phi) is 10.1. The van der Waals surface area contributed by atoms with E-state index >= 15 is 0 Å². The first kappa shape index (κ1) is 27.1. The highest BCUT2D eigenvalue weighted by Crippen LogP contribution is 2.43. The highest BCUT2D eigenvalue weighted by atomic mass is 19.1. The predicted molar refractivity (Wildman–Crippen MR) is 138 cm³/mol. The van der Waals surface area contributed by atoms with Gasteiger partial charge in [0.15, 0.2) is 0 Å². The van der Waals surface area contributed by atoms with Gasteiger partial charge in [0, 0.05) is 45.3 Å². The molecule has 6 nitrogen and oxygen atoms in total. The molecule has 1 fully saturated rings. The average molecular weight is 486 g/mol. The smallest absolute Gasteiger partial charge is 0.317 e. The molecule has 0 aromatic heterocycles. The highest BCUT2D eigenvalue weighted by Gasteiger charge is 2.42. The summed E-state index contributed by atoms with van der Waals surface area (Å²) in [7, 11) is 3.55. The number of halogens is 1. The lowest BCUT2D eigenvalue weighted by atomic mass is 9.72. The summed E-state index contributed by atoms with van der Waals surface area (Å²) in [5.41, 5.74) is 1.46. The third kappa shape index (κ3) is 7.03. The van der Waals surface area contributed by atoms with Crippen LogP contribution in [0.1, 0.15) is 44.6 Å². The SMILES string of the molecule is CNCC(C)NC(=O)N1CCCC(C(O)(CCCCOC)c2ccccc2-c2ccc(F)cc2)C1. The molecule has 0 saturated carbocycles. The van der Waals surface area contributed by atoms with Crippen molar-refractivity contribution in [2.45, 2.75) is 50.7 Å². The zero-order valence-electron chi connectivity index (χ0n) is 21.2. The molecule has 3 atom stereocenters. The molecule has 1 saturated heterocycles. The largest absolute Gasteiger partial charge is 0.385 e. The van der Waals surface area contributed by atoms with E-state index in [9.17, 15) is 14.3 Å².